The molecule has 0 aliphatic rings. The number of ether oxygens (including phenoxy) is 2. The van der Waals surface area contributed by atoms with Crippen LogP contribution in [0.15, 0.2) is 99.0 Å². The van der Waals surface area contributed by atoms with E-state index in [0.717, 1.165) is 20.7 Å². The van der Waals surface area contributed by atoms with Gasteiger partial charge >= 0.3 is 5.97 Å². The Morgan fingerprint density at radius 2 is 1.61 bits per heavy atom. The Morgan fingerprint density at radius 1 is 0.879 bits per heavy atom. The van der Waals surface area contributed by atoms with Crippen LogP contribution < -0.4 is 9.46 Å². The Kier molecular flexibility index (Phi) is 7.12. The Balaban J connectivity index is 1.35. The third kappa shape index (κ3) is 6.22. The van der Waals surface area contributed by atoms with Crippen LogP contribution in [0.4, 0.5) is 5.69 Å². The topological polar surface area (TPSA) is 81.7 Å². The minimum Gasteiger partial charge on any atom is -0.457 e. The van der Waals surface area contributed by atoms with E-state index in [1.165, 1.54) is 30.3 Å². The predicted molar refractivity (Wildman–Crippen MR) is 131 cm³/mol. The zero-order valence-electron chi connectivity index (χ0n) is 17.1. The van der Waals surface area contributed by atoms with Crippen molar-refractivity contribution in [3.8, 4) is 11.5 Å². The van der Waals surface area contributed by atoms with Crippen molar-refractivity contribution in [2.75, 3.05) is 4.72 Å². The maximum atomic E-state index is 12.4. The summed E-state index contributed by atoms with van der Waals surface area (Å²) < 4.78 is 39.4. The van der Waals surface area contributed by atoms with Crippen molar-refractivity contribution < 1.29 is 22.7 Å². The van der Waals surface area contributed by atoms with Crippen molar-refractivity contribution in [1.82, 2.24) is 0 Å². The van der Waals surface area contributed by atoms with Gasteiger partial charge in [-0.2, -0.15) is 0 Å². The summed E-state index contributed by atoms with van der Waals surface area (Å²) in [5.74, 6) is 0.846. The molecule has 9 heteroatoms. The van der Waals surface area contributed by atoms with Gasteiger partial charge < -0.3 is 9.47 Å². The van der Waals surface area contributed by atoms with Crippen molar-refractivity contribution in [1.29, 1.82) is 0 Å². The number of anilines is 1. The monoisotopic (exact) mass is 543 g/mol. The lowest BCUT2D eigenvalue weighted by molar-refractivity contribution is 0.0472. The Labute approximate surface area is 204 Å². The molecule has 33 heavy (non-hydrogen) atoms. The van der Waals surface area contributed by atoms with Gasteiger partial charge in [0.15, 0.2) is 0 Å². The summed E-state index contributed by atoms with van der Waals surface area (Å²) in [4.78, 5) is 12.4. The molecule has 1 aromatic heterocycles. The van der Waals surface area contributed by atoms with E-state index in [0.29, 0.717) is 22.7 Å². The number of esters is 1. The van der Waals surface area contributed by atoms with E-state index < -0.39 is 16.0 Å². The minimum atomic E-state index is -3.69. The SMILES string of the molecule is O=C(OCc1cccc(Oc2ccccc2)c1)c1ccc(NS(=O)(=O)c2ccc(Br)s2)cc1. The maximum absolute atomic E-state index is 12.4. The van der Waals surface area contributed by atoms with Crippen molar-refractivity contribution >= 4 is 48.9 Å². The van der Waals surface area contributed by atoms with Crippen molar-refractivity contribution in [2.24, 2.45) is 0 Å². The third-order valence-corrected chi connectivity index (χ3v) is 7.93. The average Bonchev–Trinajstić information content (AvgIpc) is 3.26. The molecule has 0 aliphatic heterocycles. The smallest absolute Gasteiger partial charge is 0.338 e. The number of para-hydroxylation sites is 1. The van der Waals surface area contributed by atoms with E-state index in [-0.39, 0.29) is 10.8 Å². The summed E-state index contributed by atoms with van der Waals surface area (Å²) in [5, 5.41) is 0. The van der Waals surface area contributed by atoms with Crippen LogP contribution >= 0.6 is 27.3 Å². The molecular weight excluding hydrogens is 526 g/mol. The van der Waals surface area contributed by atoms with E-state index in [1.807, 2.05) is 48.5 Å². The quantitative estimate of drug-likeness (QED) is 0.258. The number of rotatable bonds is 8. The molecule has 0 aliphatic carbocycles. The highest BCUT2D eigenvalue weighted by molar-refractivity contribution is 9.11. The molecule has 1 heterocycles. The molecule has 3 aromatic carbocycles. The minimum absolute atomic E-state index is 0.0759. The second-order valence-corrected chi connectivity index (χ2v) is 11.3. The van der Waals surface area contributed by atoms with Gasteiger partial charge in [-0.25, -0.2) is 13.2 Å². The number of nitrogens with one attached hydrogen (secondary N) is 1. The number of halogens is 1. The maximum Gasteiger partial charge on any atom is 0.338 e. The van der Waals surface area contributed by atoms with Gasteiger partial charge in [0.05, 0.1) is 9.35 Å². The highest BCUT2D eigenvalue weighted by atomic mass is 79.9. The summed E-state index contributed by atoms with van der Waals surface area (Å²) in [7, 11) is -3.69. The molecule has 6 nitrogen and oxygen atoms in total. The first kappa shape index (κ1) is 23.0. The van der Waals surface area contributed by atoms with E-state index in [2.05, 4.69) is 20.7 Å². The second kappa shape index (κ2) is 10.2. The predicted octanol–water partition coefficient (Wildman–Crippen LogP) is 6.46. The molecule has 0 saturated heterocycles. The first-order chi connectivity index (χ1) is 15.9. The third-order valence-electron chi connectivity index (χ3n) is 4.43. The van der Waals surface area contributed by atoms with Crippen LogP contribution in [0.1, 0.15) is 15.9 Å². The number of hydrogen-bond donors (Lipinski definition) is 1. The first-order valence-electron chi connectivity index (χ1n) is 9.76. The molecule has 0 fully saturated rings. The molecule has 4 rings (SSSR count). The molecular formula is C24H18BrNO5S2. The van der Waals surface area contributed by atoms with E-state index >= 15 is 0 Å². The summed E-state index contributed by atoms with van der Waals surface area (Å²) >= 11 is 4.36. The Bertz CT molecular complexity index is 1350. The first-order valence-corrected chi connectivity index (χ1v) is 12.9. The van der Waals surface area contributed by atoms with Gasteiger partial charge in [-0.1, -0.05) is 30.3 Å². The van der Waals surface area contributed by atoms with Gasteiger partial charge in [0, 0.05) is 5.69 Å². The standard InChI is InChI=1S/C24H18BrNO5S2/c25-22-13-14-23(32-22)33(28,29)26-19-11-9-18(10-12-19)24(27)30-16-17-5-4-8-21(15-17)31-20-6-2-1-3-7-20/h1-15,26H,16H2. The van der Waals surface area contributed by atoms with E-state index in [4.69, 9.17) is 9.47 Å². The van der Waals surface area contributed by atoms with Crippen LogP contribution in [0.3, 0.4) is 0 Å². The number of carbonyl (C=O) groups is 1. The highest BCUT2D eigenvalue weighted by Crippen LogP contribution is 2.28. The highest BCUT2D eigenvalue weighted by Gasteiger charge is 2.17. The number of hydrogen-bond acceptors (Lipinski definition) is 6. The zero-order chi connectivity index (χ0) is 23.3. The number of benzene rings is 3. The molecule has 1 N–H and O–H groups in total. The lowest BCUT2D eigenvalue weighted by atomic mass is 10.2. The van der Waals surface area contributed by atoms with E-state index in [1.54, 1.807) is 12.1 Å². The fraction of sp³-hybridized carbons (Fsp3) is 0.0417. The summed E-state index contributed by atoms with van der Waals surface area (Å²) in [6.45, 7) is 0.0759. The fourth-order valence-electron chi connectivity index (χ4n) is 2.88. The van der Waals surface area contributed by atoms with E-state index in [9.17, 15) is 13.2 Å². The summed E-state index contributed by atoms with van der Waals surface area (Å²) in [5.41, 5.74) is 1.44. The summed E-state index contributed by atoms with van der Waals surface area (Å²) in [6, 6.07) is 25.9. The Morgan fingerprint density at radius 3 is 2.30 bits per heavy atom. The molecule has 0 bridgehead atoms. The normalized spacial score (nSPS) is 11.1. The van der Waals surface area contributed by atoms with Crippen LogP contribution in [0.5, 0.6) is 11.5 Å². The van der Waals surface area contributed by atoms with Gasteiger partial charge in [-0.3, -0.25) is 4.72 Å². The van der Waals surface area contributed by atoms with Gasteiger partial charge in [0.1, 0.15) is 22.3 Å². The van der Waals surface area contributed by atoms with Crippen molar-refractivity contribution in [3.05, 3.63) is 106 Å². The average molecular weight is 544 g/mol. The van der Waals surface area contributed by atoms with Crippen LogP contribution in [0.25, 0.3) is 0 Å². The second-order valence-electron chi connectivity index (χ2n) is 6.88. The number of sulfonamides is 1. The van der Waals surface area contributed by atoms with Crippen molar-refractivity contribution in [3.63, 3.8) is 0 Å². The molecule has 0 atom stereocenters. The number of thiophene rings is 1. The molecule has 0 unspecified atom stereocenters. The molecule has 0 radical (unpaired) electrons. The van der Waals surface area contributed by atoms with Gasteiger partial charge in [-0.05, 0) is 82.2 Å². The Hall–Kier alpha value is -3.14. The molecule has 0 spiro atoms. The van der Waals surface area contributed by atoms with Crippen molar-refractivity contribution in [2.45, 2.75) is 10.8 Å². The zero-order valence-corrected chi connectivity index (χ0v) is 20.3. The van der Waals surface area contributed by atoms with Gasteiger partial charge in [0.25, 0.3) is 10.0 Å². The van der Waals surface area contributed by atoms with Gasteiger partial charge in [0.2, 0.25) is 0 Å². The fourth-order valence-corrected chi connectivity index (χ4v) is 5.95. The van der Waals surface area contributed by atoms with Crippen LogP contribution in [0.2, 0.25) is 0 Å². The van der Waals surface area contributed by atoms with Crippen LogP contribution in [-0.2, 0) is 21.4 Å². The summed E-state index contributed by atoms with van der Waals surface area (Å²) in [6.07, 6.45) is 0. The molecule has 0 saturated carbocycles. The molecule has 4 aromatic rings. The lowest BCUT2D eigenvalue weighted by Gasteiger charge is -2.09. The molecule has 168 valence electrons. The number of carbonyl (C=O) groups excluding carboxylic acids is 1. The van der Waals surface area contributed by atoms with Crippen LogP contribution in [-0.4, -0.2) is 14.4 Å². The largest absolute Gasteiger partial charge is 0.457 e. The van der Waals surface area contributed by atoms with Crippen LogP contribution in [0, 0.1) is 0 Å². The van der Waals surface area contributed by atoms with Gasteiger partial charge in [-0.15, -0.1) is 11.3 Å². The molecule has 0 amide bonds. The lowest BCUT2D eigenvalue weighted by Crippen LogP contribution is -2.11.